The minimum absolute atomic E-state index is 0.178. The summed E-state index contributed by atoms with van der Waals surface area (Å²) >= 11 is 0. The van der Waals surface area contributed by atoms with Crippen LogP contribution >= 0.6 is 0 Å². The maximum atomic E-state index is 12.9. The van der Waals surface area contributed by atoms with Crippen LogP contribution < -0.4 is 5.32 Å². The van der Waals surface area contributed by atoms with Gasteiger partial charge in [-0.15, -0.1) is 0 Å². The predicted octanol–water partition coefficient (Wildman–Crippen LogP) is 3.86. The molecule has 6 heteroatoms. The van der Waals surface area contributed by atoms with E-state index in [1.54, 1.807) is 36.7 Å². The molecule has 0 radical (unpaired) electrons. The number of nitrogens with one attached hydrogen (secondary N) is 1. The van der Waals surface area contributed by atoms with E-state index in [-0.39, 0.29) is 11.5 Å². The predicted molar refractivity (Wildman–Crippen MR) is 88.1 cm³/mol. The highest BCUT2D eigenvalue weighted by atomic mass is 19.1. The van der Waals surface area contributed by atoms with Gasteiger partial charge in [0.15, 0.2) is 0 Å². The standard InChI is InChI=1S/C18H13FN4O/c19-15-6-3-13(4-7-15)5-8-17-23-16(10-20)18(24-17)22-12-14-2-1-9-21-11-14/h1-9,11,22H,12H2/b8-5+. The van der Waals surface area contributed by atoms with Crippen molar-refractivity contribution in [1.82, 2.24) is 9.97 Å². The molecule has 2 aromatic heterocycles. The van der Waals surface area contributed by atoms with Crippen LogP contribution in [0.2, 0.25) is 0 Å². The minimum Gasteiger partial charge on any atom is -0.420 e. The van der Waals surface area contributed by atoms with E-state index in [1.807, 2.05) is 18.2 Å². The van der Waals surface area contributed by atoms with Crippen LogP contribution in [0.15, 0.2) is 53.2 Å². The topological polar surface area (TPSA) is 74.7 Å². The molecule has 3 rings (SSSR count). The van der Waals surface area contributed by atoms with Gasteiger partial charge in [-0.2, -0.15) is 10.2 Å². The molecule has 0 saturated carbocycles. The number of benzene rings is 1. The summed E-state index contributed by atoms with van der Waals surface area (Å²) in [5.74, 6) is 0.307. The summed E-state index contributed by atoms with van der Waals surface area (Å²) in [5, 5.41) is 12.2. The molecule has 0 amide bonds. The van der Waals surface area contributed by atoms with Crippen molar-refractivity contribution in [1.29, 1.82) is 5.26 Å². The molecule has 1 aromatic carbocycles. The van der Waals surface area contributed by atoms with Gasteiger partial charge in [-0.25, -0.2) is 4.39 Å². The normalized spacial score (nSPS) is 10.7. The van der Waals surface area contributed by atoms with Crippen molar-refractivity contribution < 1.29 is 8.81 Å². The molecule has 0 bridgehead atoms. The fourth-order valence-electron chi connectivity index (χ4n) is 2.03. The molecule has 24 heavy (non-hydrogen) atoms. The molecule has 3 aromatic rings. The number of halogens is 1. The zero-order valence-electron chi connectivity index (χ0n) is 12.6. The van der Waals surface area contributed by atoms with Crippen LogP contribution in [-0.4, -0.2) is 9.97 Å². The van der Waals surface area contributed by atoms with Crippen molar-refractivity contribution in [3.63, 3.8) is 0 Å². The number of hydrogen-bond acceptors (Lipinski definition) is 5. The number of hydrogen-bond donors (Lipinski definition) is 1. The summed E-state index contributed by atoms with van der Waals surface area (Å²) in [7, 11) is 0. The number of nitriles is 1. The Hall–Kier alpha value is -3.46. The quantitative estimate of drug-likeness (QED) is 0.772. The van der Waals surface area contributed by atoms with Crippen molar-refractivity contribution in [3.8, 4) is 6.07 Å². The summed E-state index contributed by atoms with van der Waals surface area (Å²) in [4.78, 5) is 8.13. The molecule has 5 nitrogen and oxygen atoms in total. The first-order valence-electron chi connectivity index (χ1n) is 7.22. The first-order valence-corrected chi connectivity index (χ1v) is 7.22. The van der Waals surface area contributed by atoms with Crippen molar-refractivity contribution in [2.75, 3.05) is 5.32 Å². The van der Waals surface area contributed by atoms with Gasteiger partial charge in [-0.1, -0.05) is 18.2 Å². The monoisotopic (exact) mass is 320 g/mol. The van der Waals surface area contributed by atoms with Crippen molar-refractivity contribution in [2.24, 2.45) is 0 Å². The fourth-order valence-corrected chi connectivity index (χ4v) is 2.03. The maximum Gasteiger partial charge on any atom is 0.232 e. The van der Waals surface area contributed by atoms with E-state index in [4.69, 9.17) is 9.68 Å². The van der Waals surface area contributed by atoms with E-state index in [0.29, 0.717) is 18.3 Å². The summed E-state index contributed by atoms with van der Waals surface area (Å²) in [6.45, 7) is 0.471. The minimum atomic E-state index is -0.295. The number of pyridine rings is 1. The van der Waals surface area contributed by atoms with Crippen LogP contribution in [0.4, 0.5) is 10.3 Å². The van der Waals surface area contributed by atoms with Crippen LogP contribution in [0.3, 0.4) is 0 Å². The number of aromatic nitrogens is 2. The second kappa shape index (κ2) is 7.20. The average molecular weight is 320 g/mol. The molecule has 0 spiro atoms. The highest BCUT2D eigenvalue weighted by Gasteiger charge is 2.11. The van der Waals surface area contributed by atoms with E-state index in [1.165, 1.54) is 12.1 Å². The third-order valence-electron chi connectivity index (χ3n) is 3.21. The lowest BCUT2D eigenvalue weighted by Gasteiger charge is -2.01. The van der Waals surface area contributed by atoms with Gasteiger partial charge in [0.1, 0.15) is 11.9 Å². The van der Waals surface area contributed by atoms with Gasteiger partial charge in [-0.3, -0.25) is 4.98 Å². The molecule has 0 saturated heterocycles. The highest BCUT2D eigenvalue weighted by molar-refractivity contribution is 5.67. The van der Waals surface area contributed by atoms with Gasteiger partial charge in [0.05, 0.1) is 0 Å². The fraction of sp³-hybridized carbons (Fsp3) is 0.0556. The first kappa shape index (κ1) is 15.4. The smallest absolute Gasteiger partial charge is 0.232 e. The Morgan fingerprint density at radius 1 is 1.21 bits per heavy atom. The molecule has 0 aliphatic carbocycles. The number of nitrogens with zero attached hydrogens (tertiary/aromatic N) is 3. The second-order valence-corrected chi connectivity index (χ2v) is 4.94. The summed E-state index contributed by atoms with van der Waals surface area (Å²) in [5.41, 5.74) is 1.94. The van der Waals surface area contributed by atoms with Gasteiger partial charge in [0.25, 0.3) is 0 Å². The van der Waals surface area contributed by atoms with Crippen molar-refractivity contribution >= 4 is 18.0 Å². The SMILES string of the molecule is N#Cc1nc(/C=C/c2ccc(F)cc2)oc1NCc1cccnc1. The van der Waals surface area contributed by atoms with Gasteiger partial charge in [0.2, 0.25) is 17.5 Å². The molecule has 0 aliphatic heterocycles. The number of rotatable bonds is 5. The zero-order valence-corrected chi connectivity index (χ0v) is 12.6. The summed E-state index contributed by atoms with van der Waals surface area (Å²) in [6, 6.07) is 11.8. The largest absolute Gasteiger partial charge is 0.420 e. The van der Waals surface area contributed by atoms with Gasteiger partial charge in [0, 0.05) is 25.0 Å². The molecule has 2 heterocycles. The van der Waals surface area contributed by atoms with E-state index >= 15 is 0 Å². The second-order valence-electron chi connectivity index (χ2n) is 4.94. The zero-order chi connectivity index (χ0) is 16.8. The summed E-state index contributed by atoms with van der Waals surface area (Å²) in [6.07, 6.45) is 6.78. The first-order chi connectivity index (χ1) is 11.7. The maximum absolute atomic E-state index is 12.9. The summed E-state index contributed by atoms with van der Waals surface area (Å²) < 4.78 is 18.4. The molecule has 118 valence electrons. The molecular formula is C18H13FN4O. The highest BCUT2D eigenvalue weighted by Crippen LogP contribution is 2.19. The van der Waals surface area contributed by atoms with Crippen LogP contribution in [0.5, 0.6) is 0 Å². The lowest BCUT2D eigenvalue weighted by Crippen LogP contribution is -1.99. The van der Waals surface area contributed by atoms with E-state index < -0.39 is 0 Å². The molecule has 0 fully saturated rings. The average Bonchev–Trinajstić information content (AvgIpc) is 3.03. The number of oxazole rings is 1. The van der Waals surface area contributed by atoms with Gasteiger partial charge in [-0.05, 0) is 35.4 Å². The van der Waals surface area contributed by atoms with Gasteiger partial charge >= 0.3 is 0 Å². The molecular weight excluding hydrogens is 307 g/mol. The van der Waals surface area contributed by atoms with E-state index in [9.17, 15) is 4.39 Å². The molecule has 0 atom stereocenters. The Morgan fingerprint density at radius 3 is 2.75 bits per heavy atom. The van der Waals surface area contributed by atoms with Crippen LogP contribution in [0, 0.1) is 17.1 Å². The third-order valence-corrected chi connectivity index (χ3v) is 3.21. The Bertz CT molecular complexity index is 880. The van der Waals surface area contributed by atoms with Crippen molar-refractivity contribution in [3.05, 3.63) is 77.3 Å². The lowest BCUT2D eigenvalue weighted by molar-refractivity contribution is 0.557. The van der Waals surface area contributed by atoms with E-state index in [0.717, 1.165) is 11.1 Å². The molecule has 0 aliphatic rings. The van der Waals surface area contributed by atoms with Crippen LogP contribution in [0.25, 0.3) is 12.2 Å². The Kier molecular flexibility index (Phi) is 4.63. The lowest BCUT2D eigenvalue weighted by atomic mass is 10.2. The Morgan fingerprint density at radius 2 is 2.04 bits per heavy atom. The van der Waals surface area contributed by atoms with Crippen LogP contribution in [-0.2, 0) is 6.54 Å². The third kappa shape index (κ3) is 3.84. The van der Waals surface area contributed by atoms with Crippen molar-refractivity contribution in [2.45, 2.75) is 6.54 Å². The van der Waals surface area contributed by atoms with Crippen LogP contribution in [0.1, 0.15) is 22.7 Å². The Balaban J connectivity index is 1.72. The number of anilines is 1. The van der Waals surface area contributed by atoms with Gasteiger partial charge < -0.3 is 9.73 Å². The molecule has 1 N–H and O–H groups in total. The molecule has 0 unspecified atom stereocenters. The van der Waals surface area contributed by atoms with E-state index in [2.05, 4.69) is 15.3 Å². The Labute approximate surface area is 138 Å².